The topological polar surface area (TPSA) is 91.5 Å². The molecule has 7 nitrogen and oxygen atoms in total. The molecule has 0 saturated heterocycles. The molecule has 0 aliphatic rings. The molecule has 1 heterocycles. The van der Waals surface area contributed by atoms with Crippen LogP contribution in [0.2, 0.25) is 0 Å². The van der Waals surface area contributed by atoms with Gasteiger partial charge >= 0.3 is 12.1 Å². The Morgan fingerprint density at radius 2 is 1.76 bits per heavy atom. The van der Waals surface area contributed by atoms with Crippen LogP contribution in [0.1, 0.15) is 71.5 Å². The predicted octanol–water partition coefficient (Wildman–Crippen LogP) is 5.96. The van der Waals surface area contributed by atoms with Crippen LogP contribution < -0.4 is 0 Å². The molecule has 2 unspecified atom stereocenters. The van der Waals surface area contributed by atoms with Gasteiger partial charge in [-0.3, -0.25) is 9.36 Å². The van der Waals surface area contributed by atoms with Gasteiger partial charge in [0.1, 0.15) is 17.7 Å². The first kappa shape index (κ1) is 29.5. The van der Waals surface area contributed by atoms with E-state index in [9.17, 15) is 31.3 Å². The van der Waals surface area contributed by atoms with Gasteiger partial charge in [-0.25, -0.2) is 8.78 Å². The summed E-state index contributed by atoms with van der Waals surface area (Å²) in [6.07, 6.45) is -7.27. The van der Waals surface area contributed by atoms with Gasteiger partial charge < -0.3 is 13.8 Å². The third kappa shape index (κ3) is 11.9. The van der Waals surface area contributed by atoms with Crippen molar-refractivity contribution in [3.63, 3.8) is 0 Å². The maximum Gasteiger partial charge on any atom is 0.394 e. The van der Waals surface area contributed by atoms with Gasteiger partial charge in [0.25, 0.3) is 5.92 Å². The Balaban J connectivity index is 2.65. The smallest absolute Gasteiger partial charge is 0.394 e. The van der Waals surface area contributed by atoms with Gasteiger partial charge in [-0.15, -0.1) is 0 Å². The molecular weight excluding hydrogens is 474 g/mol. The lowest BCUT2D eigenvalue weighted by Gasteiger charge is -2.26. The Morgan fingerprint density at radius 3 is 2.30 bits per heavy atom. The number of esters is 1. The number of unbranched alkanes of at least 4 members (excludes halogenated alkanes) is 2. The van der Waals surface area contributed by atoms with Gasteiger partial charge in [0.15, 0.2) is 5.82 Å². The molecule has 33 heavy (non-hydrogen) atoms. The molecule has 0 aromatic carbocycles. The highest BCUT2D eigenvalue weighted by atomic mass is 31.2. The summed E-state index contributed by atoms with van der Waals surface area (Å²) < 4.78 is 91.6. The second-order valence-electron chi connectivity index (χ2n) is 8.89. The number of carbonyl (C=O) groups excluding carboxylic acids is 1. The van der Waals surface area contributed by atoms with Gasteiger partial charge in [0.2, 0.25) is 13.3 Å². The SMILES string of the molecule is CCOP(C)(=O)C(Cc1nc(CCCCCC(F)(F)CC(F)(F)F)no1)C(=O)OC(C)(C)C. The van der Waals surface area contributed by atoms with Crippen molar-refractivity contribution >= 4 is 13.3 Å². The number of aromatic nitrogens is 2. The minimum absolute atomic E-state index is 0.0411. The highest BCUT2D eigenvalue weighted by Crippen LogP contribution is 2.50. The van der Waals surface area contributed by atoms with Gasteiger partial charge in [0.05, 0.1) is 6.61 Å². The first-order valence-electron chi connectivity index (χ1n) is 10.6. The van der Waals surface area contributed by atoms with E-state index >= 15 is 0 Å². The summed E-state index contributed by atoms with van der Waals surface area (Å²) in [6.45, 7) is 8.13. The number of carbonyl (C=O) groups is 1. The summed E-state index contributed by atoms with van der Waals surface area (Å²) in [4.78, 5) is 16.7. The van der Waals surface area contributed by atoms with Crippen molar-refractivity contribution in [3.05, 3.63) is 11.7 Å². The molecule has 1 aromatic heterocycles. The molecule has 192 valence electrons. The first-order valence-corrected chi connectivity index (χ1v) is 12.8. The third-order valence-electron chi connectivity index (χ3n) is 4.41. The molecule has 0 fully saturated rings. The Kier molecular flexibility index (Phi) is 10.5. The van der Waals surface area contributed by atoms with Crippen LogP contribution in [0.5, 0.6) is 0 Å². The van der Waals surface area contributed by atoms with E-state index < -0.39 is 49.5 Å². The van der Waals surface area contributed by atoms with Crippen LogP contribution in [-0.2, 0) is 31.5 Å². The molecule has 0 bridgehead atoms. The number of alkyl halides is 5. The van der Waals surface area contributed by atoms with E-state index in [0.29, 0.717) is 6.42 Å². The van der Waals surface area contributed by atoms with Gasteiger partial charge in [-0.2, -0.15) is 18.2 Å². The minimum Gasteiger partial charge on any atom is -0.459 e. The van der Waals surface area contributed by atoms with Gasteiger partial charge in [-0.05, 0) is 40.5 Å². The van der Waals surface area contributed by atoms with Crippen LogP contribution in [0, 0.1) is 0 Å². The lowest BCUT2D eigenvalue weighted by Crippen LogP contribution is -2.33. The van der Waals surface area contributed by atoms with Crippen LogP contribution in [-0.4, -0.2) is 52.7 Å². The summed E-state index contributed by atoms with van der Waals surface area (Å²) in [5.41, 5.74) is -1.96. The normalized spacial score (nSPS) is 15.8. The summed E-state index contributed by atoms with van der Waals surface area (Å²) in [5, 5.41) is 3.76. The Labute approximate surface area is 190 Å². The highest BCUT2D eigenvalue weighted by Gasteiger charge is 2.43. The fourth-order valence-electron chi connectivity index (χ4n) is 3.02. The second-order valence-corrected chi connectivity index (χ2v) is 11.6. The Bertz CT molecular complexity index is 808. The van der Waals surface area contributed by atoms with Crippen molar-refractivity contribution in [1.82, 2.24) is 10.1 Å². The van der Waals surface area contributed by atoms with E-state index in [4.69, 9.17) is 13.8 Å². The molecule has 0 N–H and O–H groups in total. The molecule has 0 aliphatic carbocycles. The van der Waals surface area contributed by atoms with Crippen molar-refractivity contribution < 1.29 is 45.1 Å². The average molecular weight is 506 g/mol. The predicted molar refractivity (Wildman–Crippen MR) is 111 cm³/mol. The number of nitrogens with zero attached hydrogens (tertiary/aromatic N) is 2. The van der Waals surface area contributed by atoms with Crippen molar-refractivity contribution in [2.75, 3.05) is 13.3 Å². The molecule has 0 saturated carbocycles. The second kappa shape index (κ2) is 11.7. The monoisotopic (exact) mass is 506 g/mol. The van der Waals surface area contributed by atoms with Crippen LogP contribution in [0.3, 0.4) is 0 Å². The van der Waals surface area contributed by atoms with Crippen molar-refractivity contribution in [1.29, 1.82) is 0 Å². The minimum atomic E-state index is -4.91. The number of ether oxygens (including phenoxy) is 1. The fraction of sp³-hybridized carbons (Fsp3) is 0.850. The van der Waals surface area contributed by atoms with Crippen LogP contribution in [0.25, 0.3) is 0 Å². The largest absolute Gasteiger partial charge is 0.459 e. The van der Waals surface area contributed by atoms with E-state index in [1.165, 1.54) is 6.66 Å². The van der Waals surface area contributed by atoms with Gasteiger partial charge in [-0.1, -0.05) is 11.6 Å². The van der Waals surface area contributed by atoms with Crippen molar-refractivity contribution in [2.24, 2.45) is 0 Å². The zero-order valence-corrected chi connectivity index (χ0v) is 20.4. The van der Waals surface area contributed by atoms with E-state index in [-0.39, 0.29) is 44.0 Å². The standard InChI is InChI=1S/C20H32F5N2O5P/c1-6-30-33(5,29)14(17(28)31-18(2,3)4)12-16-26-15(27-32-16)10-8-7-9-11-19(21,22)13-20(23,24)25/h14H,6-13H2,1-5H3. The van der Waals surface area contributed by atoms with Crippen molar-refractivity contribution in [3.8, 4) is 0 Å². The molecule has 0 amide bonds. The van der Waals surface area contributed by atoms with Gasteiger partial charge in [0, 0.05) is 25.9 Å². The van der Waals surface area contributed by atoms with Crippen LogP contribution >= 0.6 is 7.37 Å². The molecule has 0 spiro atoms. The van der Waals surface area contributed by atoms with E-state index in [0.717, 1.165) is 0 Å². The third-order valence-corrected chi connectivity index (χ3v) is 6.71. The van der Waals surface area contributed by atoms with E-state index in [1.54, 1.807) is 27.7 Å². The number of hydrogen-bond acceptors (Lipinski definition) is 7. The number of aryl methyl sites for hydroxylation is 1. The quantitative estimate of drug-likeness (QED) is 0.141. The highest BCUT2D eigenvalue weighted by molar-refractivity contribution is 7.60. The zero-order valence-electron chi connectivity index (χ0n) is 19.5. The zero-order chi connectivity index (χ0) is 25.5. The van der Waals surface area contributed by atoms with E-state index in [1.807, 2.05) is 0 Å². The number of rotatable bonds is 13. The fourth-order valence-corrected chi connectivity index (χ4v) is 4.64. The Hall–Kier alpha value is -1.55. The van der Waals surface area contributed by atoms with Crippen LogP contribution in [0.4, 0.5) is 22.0 Å². The molecule has 1 aromatic rings. The lowest BCUT2D eigenvalue weighted by atomic mass is 10.1. The molecule has 13 heteroatoms. The Morgan fingerprint density at radius 1 is 1.12 bits per heavy atom. The summed E-state index contributed by atoms with van der Waals surface area (Å²) in [5.74, 6) is -4.22. The number of halogens is 5. The molecule has 0 aliphatic heterocycles. The van der Waals surface area contributed by atoms with Crippen LogP contribution in [0.15, 0.2) is 4.52 Å². The molecular formula is C20H32F5N2O5P. The lowest BCUT2D eigenvalue weighted by molar-refractivity contribution is -0.189. The summed E-state index contributed by atoms with van der Waals surface area (Å²) >= 11 is 0. The van der Waals surface area contributed by atoms with E-state index in [2.05, 4.69) is 10.1 Å². The first-order chi connectivity index (χ1) is 14.9. The summed E-state index contributed by atoms with van der Waals surface area (Å²) in [7, 11) is -3.42. The average Bonchev–Trinajstić information content (AvgIpc) is 3.03. The molecule has 0 radical (unpaired) electrons. The molecule has 1 rings (SSSR count). The summed E-state index contributed by atoms with van der Waals surface area (Å²) in [6, 6.07) is 0. The maximum atomic E-state index is 13.3. The number of hydrogen-bond donors (Lipinski definition) is 0. The molecule has 2 atom stereocenters. The van der Waals surface area contributed by atoms with Crippen molar-refractivity contribution in [2.45, 2.75) is 96.0 Å². The maximum absolute atomic E-state index is 13.3.